The molecule has 4 atom stereocenters. The Morgan fingerprint density at radius 1 is 0.538 bits per heavy atom. The van der Waals surface area contributed by atoms with Gasteiger partial charge in [0.15, 0.2) is 0 Å². The summed E-state index contributed by atoms with van der Waals surface area (Å²) in [6.07, 6.45) is 16.0. The van der Waals surface area contributed by atoms with Crippen LogP contribution in [0.15, 0.2) is 0 Å². The highest BCUT2D eigenvalue weighted by molar-refractivity contribution is 7.80. The highest BCUT2D eigenvalue weighted by atomic mass is 32.2. The Hall–Kier alpha value is 0.220. The van der Waals surface area contributed by atoms with E-state index in [9.17, 15) is 17.5 Å². The maximum Gasteiger partial charge on any atom is 0.0215 e. The van der Waals surface area contributed by atoms with Crippen LogP contribution >= 0.6 is 0 Å². The van der Waals surface area contributed by atoms with E-state index < -0.39 is 22.2 Å². The van der Waals surface area contributed by atoms with E-state index in [0.717, 1.165) is 103 Å². The van der Waals surface area contributed by atoms with E-state index in [4.69, 9.17) is 0 Å². The molecule has 0 fully saturated rings. The molecule has 4 nitrogen and oxygen atoms in total. The van der Waals surface area contributed by atoms with E-state index in [2.05, 4.69) is 13.8 Å². The average molecular weight is 409 g/mol. The summed E-state index contributed by atoms with van der Waals surface area (Å²) < 4.78 is 45.0. The van der Waals surface area contributed by atoms with Crippen LogP contribution in [0, 0.1) is 0 Å². The second-order valence-electron chi connectivity index (χ2n) is 7.46. The summed E-state index contributed by atoms with van der Waals surface area (Å²) in [5.41, 5.74) is 0. The Morgan fingerprint density at radius 3 is 1.08 bits per heavy atom. The molecule has 0 aliphatic rings. The third kappa shape index (κ3) is 15.3. The number of hydrogen-bond acceptors (Lipinski definition) is 4. The SMILES string of the molecule is CCCCCC(CCCCCCCCC(CCCCC)S(=O)[O-])S(=O)[O-]. The van der Waals surface area contributed by atoms with Crippen molar-refractivity contribution < 1.29 is 17.5 Å². The Bertz CT molecular complexity index is 330. The highest BCUT2D eigenvalue weighted by Gasteiger charge is 2.10. The van der Waals surface area contributed by atoms with Crippen LogP contribution < -0.4 is 0 Å². The molecule has 0 bridgehead atoms. The average Bonchev–Trinajstić information content (AvgIpc) is 2.60. The monoisotopic (exact) mass is 408 g/mol. The van der Waals surface area contributed by atoms with Crippen molar-refractivity contribution in [3.05, 3.63) is 0 Å². The Kier molecular flexibility index (Phi) is 18.7. The lowest BCUT2D eigenvalue weighted by Gasteiger charge is -2.20. The quantitative estimate of drug-likeness (QED) is 0.201. The predicted octanol–water partition coefficient (Wildman–Crippen LogP) is 5.76. The van der Waals surface area contributed by atoms with Crippen LogP contribution in [0.3, 0.4) is 0 Å². The minimum atomic E-state index is -1.94. The van der Waals surface area contributed by atoms with E-state index in [1.165, 1.54) is 0 Å². The normalized spacial score (nSPS) is 16.3. The second kappa shape index (κ2) is 18.6. The molecule has 0 saturated carbocycles. The standard InChI is InChI=1S/C20H42O4S2/c1-3-5-11-15-19(25(21)22)17-13-9-7-8-10-14-18-20(26(23)24)16-12-6-4-2/h19-20H,3-18H2,1-2H3,(H,21,22)(H,23,24)/p-2. The van der Waals surface area contributed by atoms with Gasteiger partial charge >= 0.3 is 0 Å². The maximum atomic E-state index is 11.3. The van der Waals surface area contributed by atoms with Gasteiger partial charge in [-0.25, -0.2) is 0 Å². The van der Waals surface area contributed by atoms with Crippen molar-refractivity contribution in [2.45, 2.75) is 127 Å². The van der Waals surface area contributed by atoms with Crippen molar-refractivity contribution in [2.75, 3.05) is 0 Å². The van der Waals surface area contributed by atoms with Crippen LogP contribution in [0.1, 0.15) is 117 Å². The lowest BCUT2D eigenvalue weighted by Crippen LogP contribution is -2.15. The minimum absolute atomic E-state index is 0.169. The summed E-state index contributed by atoms with van der Waals surface area (Å²) >= 11 is -3.88. The first-order valence-electron chi connectivity index (χ1n) is 10.7. The largest absolute Gasteiger partial charge is 0.772 e. The summed E-state index contributed by atoms with van der Waals surface area (Å²) in [5, 5.41) is -0.338. The molecule has 6 heteroatoms. The van der Waals surface area contributed by atoms with Gasteiger partial charge in [-0.2, -0.15) is 0 Å². The fourth-order valence-electron chi connectivity index (χ4n) is 3.37. The lowest BCUT2D eigenvalue weighted by atomic mass is 10.0. The van der Waals surface area contributed by atoms with Gasteiger partial charge < -0.3 is 9.11 Å². The number of unbranched alkanes of at least 4 members (excludes halogenated alkanes) is 9. The number of hydrogen-bond donors (Lipinski definition) is 0. The van der Waals surface area contributed by atoms with Gasteiger partial charge in [-0.05, 0) is 25.7 Å². The van der Waals surface area contributed by atoms with Gasteiger partial charge in [0.05, 0.1) is 0 Å². The van der Waals surface area contributed by atoms with Gasteiger partial charge in [-0.15, -0.1) is 0 Å². The molecule has 0 aromatic rings. The van der Waals surface area contributed by atoms with Crippen molar-refractivity contribution >= 4 is 22.2 Å². The minimum Gasteiger partial charge on any atom is -0.772 e. The maximum absolute atomic E-state index is 11.3. The molecule has 0 heterocycles. The van der Waals surface area contributed by atoms with Gasteiger partial charge in [0, 0.05) is 10.5 Å². The smallest absolute Gasteiger partial charge is 0.0215 e. The first-order valence-corrected chi connectivity index (χ1v) is 13.0. The summed E-state index contributed by atoms with van der Waals surface area (Å²) in [6, 6.07) is 0. The zero-order valence-electron chi connectivity index (χ0n) is 16.9. The molecule has 0 saturated heterocycles. The van der Waals surface area contributed by atoms with Gasteiger partial charge in [0.25, 0.3) is 0 Å². The molecule has 0 aliphatic carbocycles. The van der Waals surface area contributed by atoms with E-state index in [1.54, 1.807) is 0 Å². The van der Waals surface area contributed by atoms with Gasteiger partial charge in [0.1, 0.15) is 0 Å². The molecule has 26 heavy (non-hydrogen) atoms. The van der Waals surface area contributed by atoms with Gasteiger partial charge in [-0.3, -0.25) is 8.42 Å². The van der Waals surface area contributed by atoms with Crippen LogP contribution in [-0.2, 0) is 22.2 Å². The fourth-order valence-corrected chi connectivity index (χ4v) is 4.81. The van der Waals surface area contributed by atoms with E-state index in [0.29, 0.717) is 0 Å². The topological polar surface area (TPSA) is 80.3 Å². The highest BCUT2D eigenvalue weighted by Crippen LogP contribution is 2.18. The molecule has 0 rings (SSSR count). The molecule has 0 N–H and O–H groups in total. The predicted molar refractivity (Wildman–Crippen MR) is 111 cm³/mol. The first kappa shape index (κ1) is 26.2. The second-order valence-corrected chi connectivity index (χ2v) is 9.83. The zero-order chi connectivity index (χ0) is 19.6. The molecule has 0 amide bonds. The summed E-state index contributed by atoms with van der Waals surface area (Å²) in [6.45, 7) is 4.26. The molecule has 0 radical (unpaired) electrons. The number of rotatable bonds is 19. The Labute approximate surface area is 166 Å². The first-order chi connectivity index (χ1) is 12.5. The molecular weight excluding hydrogens is 368 g/mol. The van der Waals surface area contributed by atoms with Crippen LogP contribution in [0.25, 0.3) is 0 Å². The Balaban J connectivity index is 3.69. The van der Waals surface area contributed by atoms with Crippen LogP contribution in [0.2, 0.25) is 0 Å². The van der Waals surface area contributed by atoms with Crippen molar-refractivity contribution in [3.8, 4) is 0 Å². The van der Waals surface area contributed by atoms with Gasteiger partial charge in [-0.1, -0.05) is 113 Å². The molecule has 4 unspecified atom stereocenters. The summed E-state index contributed by atoms with van der Waals surface area (Å²) in [5.74, 6) is 0. The van der Waals surface area contributed by atoms with Crippen LogP contribution in [0.5, 0.6) is 0 Å². The molecule has 0 aliphatic heterocycles. The van der Waals surface area contributed by atoms with Crippen LogP contribution in [0.4, 0.5) is 0 Å². The van der Waals surface area contributed by atoms with Crippen molar-refractivity contribution in [1.82, 2.24) is 0 Å². The summed E-state index contributed by atoms with van der Waals surface area (Å²) in [4.78, 5) is 0. The van der Waals surface area contributed by atoms with Crippen molar-refractivity contribution in [3.63, 3.8) is 0 Å². The third-order valence-electron chi connectivity index (χ3n) is 5.11. The zero-order valence-corrected chi connectivity index (χ0v) is 18.6. The molecule has 0 aromatic carbocycles. The lowest BCUT2D eigenvalue weighted by molar-refractivity contribution is 0.479. The van der Waals surface area contributed by atoms with Crippen LogP contribution in [-0.4, -0.2) is 28.0 Å². The van der Waals surface area contributed by atoms with E-state index in [-0.39, 0.29) is 10.5 Å². The molecule has 158 valence electrons. The summed E-state index contributed by atoms with van der Waals surface area (Å²) in [7, 11) is 0. The van der Waals surface area contributed by atoms with Crippen molar-refractivity contribution in [2.24, 2.45) is 0 Å². The molecule has 0 spiro atoms. The molecule has 0 aromatic heterocycles. The molecular formula is C20H40O4S2-2. The fraction of sp³-hybridized carbons (Fsp3) is 1.00. The third-order valence-corrected chi connectivity index (χ3v) is 7.14. The van der Waals surface area contributed by atoms with E-state index >= 15 is 0 Å². The van der Waals surface area contributed by atoms with Crippen molar-refractivity contribution in [1.29, 1.82) is 0 Å². The van der Waals surface area contributed by atoms with E-state index in [1.807, 2.05) is 0 Å². The van der Waals surface area contributed by atoms with Gasteiger partial charge in [0.2, 0.25) is 0 Å². The Morgan fingerprint density at radius 2 is 0.808 bits per heavy atom.